The van der Waals surface area contributed by atoms with Gasteiger partial charge < -0.3 is 9.80 Å². The first-order valence-corrected chi connectivity index (χ1v) is 4.82. The number of piperazine rings is 1. The van der Waals surface area contributed by atoms with E-state index in [2.05, 4.69) is 11.9 Å². The van der Waals surface area contributed by atoms with Crippen molar-refractivity contribution in [3.05, 3.63) is 37.1 Å². The zero-order chi connectivity index (χ0) is 9.97. The molecule has 1 aromatic carbocycles. The fourth-order valence-electron chi connectivity index (χ4n) is 1.70. The topological polar surface area (TPSA) is 6.48 Å². The molecule has 1 saturated heterocycles. The van der Waals surface area contributed by atoms with Gasteiger partial charge in [0.2, 0.25) is 0 Å². The van der Waals surface area contributed by atoms with Crippen LogP contribution in [0.5, 0.6) is 0 Å². The molecule has 1 heterocycles. The molecule has 0 N–H and O–H groups in total. The fraction of sp³-hybridized carbons (Fsp3) is 0.364. The Morgan fingerprint density at radius 2 is 1.71 bits per heavy atom. The maximum atomic E-state index is 13.4. The van der Waals surface area contributed by atoms with Crippen molar-refractivity contribution in [3.63, 3.8) is 0 Å². The third-order valence-electron chi connectivity index (χ3n) is 2.57. The molecule has 1 fully saturated rings. The van der Waals surface area contributed by atoms with Crippen LogP contribution in [0.1, 0.15) is 0 Å². The van der Waals surface area contributed by atoms with Gasteiger partial charge in [0.15, 0.2) is 0 Å². The van der Waals surface area contributed by atoms with E-state index in [4.69, 9.17) is 0 Å². The predicted molar refractivity (Wildman–Crippen MR) is 55.5 cm³/mol. The van der Waals surface area contributed by atoms with Gasteiger partial charge in [0.25, 0.3) is 0 Å². The molecule has 14 heavy (non-hydrogen) atoms. The van der Waals surface area contributed by atoms with Crippen molar-refractivity contribution in [2.75, 3.05) is 31.1 Å². The van der Waals surface area contributed by atoms with Crippen LogP contribution in [-0.2, 0) is 0 Å². The van der Waals surface area contributed by atoms with Gasteiger partial charge in [0.1, 0.15) is 5.82 Å². The smallest absolute Gasteiger partial charge is 0.146 e. The highest BCUT2D eigenvalue weighted by atomic mass is 19.1. The number of benzene rings is 1. The zero-order valence-corrected chi connectivity index (χ0v) is 8.12. The molecule has 2 rings (SSSR count). The lowest BCUT2D eigenvalue weighted by atomic mass is 10.2. The third-order valence-corrected chi connectivity index (χ3v) is 2.57. The normalized spacial score (nSPS) is 18.6. The van der Waals surface area contributed by atoms with Crippen LogP contribution < -0.4 is 4.90 Å². The molecule has 76 valence electrons. The van der Waals surface area contributed by atoms with Crippen molar-refractivity contribution in [3.8, 4) is 0 Å². The molecule has 0 aliphatic carbocycles. The average molecular weight is 193 g/mol. The molecule has 2 nitrogen and oxygen atoms in total. The number of hydrogen-bond acceptors (Lipinski definition) is 2. The summed E-state index contributed by atoms with van der Waals surface area (Å²) in [5, 5.41) is 0. The molecule has 1 aliphatic rings. The van der Waals surface area contributed by atoms with Gasteiger partial charge in [-0.2, -0.15) is 0 Å². The molecule has 0 atom stereocenters. The monoisotopic (exact) mass is 193 g/mol. The van der Waals surface area contributed by atoms with E-state index in [1.165, 1.54) is 6.07 Å². The number of rotatable bonds is 1. The van der Waals surface area contributed by atoms with Gasteiger partial charge >= 0.3 is 0 Å². The van der Waals surface area contributed by atoms with E-state index in [1.54, 1.807) is 6.07 Å². The second-order valence-corrected chi connectivity index (χ2v) is 3.56. The predicted octanol–water partition coefficient (Wildman–Crippen LogP) is 1.74. The molecule has 0 radical (unpaired) electrons. The van der Waals surface area contributed by atoms with E-state index in [0.29, 0.717) is 5.69 Å². The van der Waals surface area contributed by atoms with Gasteiger partial charge in [-0.15, -0.1) is 0 Å². The Hall–Kier alpha value is -1.09. The van der Waals surface area contributed by atoms with Crippen LogP contribution in [0.4, 0.5) is 10.1 Å². The minimum absolute atomic E-state index is 0.134. The summed E-state index contributed by atoms with van der Waals surface area (Å²) in [6.45, 7) is 3.50. The number of para-hydroxylation sites is 1. The van der Waals surface area contributed by atoms with Crippen molar-refractivity contribution in [2.24, 2.45) is 0 Å². The minimum atomic E-state index is -0.134. The first-order valence-electron chi connectivity index (χ1n) is 4.82. The highest BCUT2D eigenvalue weighted by molar-refractivity contribution is 5.47. The molecule has 0 bridgehead atoms. The lowest BCUT2D eigenvalue weighted by Crippen LogP contribution is -2.43. The zero-order valence-electron chi connectivity index (χ0n) is 8.12. The van der Waals surface area contributed by atoms with Crippen LogP contribution in [0.25, 0.3) is 0 Å². The fourth-order valence-corrected chi connectivity index (χ4v) is 1.70. The first kappa shape index (κ1) is 9.46. The molecule has 1 aromatic rings. The van der Waals surface area contributed by atoms with Crippen LogP contribution in [0, 0.1) is 12.9 Å². The Balaban J connectivity index is 2.12. The molecule has 0 amide bonds. The summed E-state index contributed by atoms with van der Waals surface area (Å²) in [7, 11) is 3.86. The Morgan fingerprint density at radius 1 is 1.07 bits per heavy atom. The van der Waals surface area contributed by atoms with E-state index in [0.717, 1.165) is 26.2 Å². The summed E-state index contributed by atoms with van der Waals surface area (Å²) < 4.78 is 13.4. The molecule has 1 aliphatic heterocycles. The van der Waals surface area contributed by atoms with Gasteiger partial charge in [-0.25, -0.2) is 4.39 Å². The number of anilines is 1. The van der Waals surface area contributed by atoms with Crippen molar-refractivity contribution in [1.82, 2.24) is 4.90 Å². The number of halogens is 1. The molecule has 0 aromatic heterocycles. The van der Waals surface area contributed by atoms with Gasteiger partial charge in [-0.05, 0) is 25.2 Å². The van der Waals surface area contributed by atoms with E-state index < -0.39 is 0 Å². The van der Waals surface area contributed by atoms with Crippen molar-refractivity contribution in [2.45, 2.75) is 0 Å². The highest BCUT2D eigenvalue weighted by Gasteiger charge is 2.14. The lowest BCUT2D eigenvalue weighted by molar-refractivity contribution is 0.343. The Labute approximate surface area is 83.9 Å². The van der Waals surface area contributed by atoms with Gasteiger partial charge in [0, 0.05) is 13.1 Å². The van der Waals surface area contributed by atoms with Crippen LogP contribution in [0.2, 0.25) is 0 Å². The SMILES string of the molecule is [CH2-]N1CCN(c2ccccc2F)CC1. The van der Waals surface area contributed by atoms with E-state index in [-0.39, 0.29) is 5.82 Å². The Kier molecular flexibility index (Phi) is 2.68. The highest BCUT2D eigenvalue weighted by Crippen LogP contribution is 2.19. The van der Waals surface area contributed by atoms with Crippen molar-refractivity contribution < 1.29 is 4.39 Å². The number of hydrogen-bond donors (Lipinski definition) is 0. The maximum Gasteiger partial charge on any atom is 0.146 e. The van der Waals surface area contributed by atoms with Crippen LogP contribution in [0.3, 0.4) is 0 Å². The van der Waals surface area contributed by atoms with Crippen LogP contribution >= 0.6 is 0 Å². The van der Waals surface area contributed by atoms with E-state index in [1.807, 2.05) is 17.0 Å². The third kappa shape index (κ3) is 1.87. The van der Waals surface area contributed by atoms with Crippen molar-refractivity contribution in [1.29, 1.82) is 0 Å². The summed E-state index contributed by atoms with van der Waals surface area (Å²) in [4.78, 5) is 4.08. The summed E-state index contributed by atoms with van der Waals surface area (Å²) in [6, 6.07) is 6.92. The lowest BCUT2D eigenvalue weighted by Gasteiger charge is -2.38. The summed E-state index contributed by atoms with van der Waals surface area (Å²) in [6.07, 6.45) is 0. The Bertz CT molecular complexity index is 306. The van der Waals surface area contributed by atoms with Crippen molar-refractivity contribution >= 4 is 5.69 Å². The average Bonchev–Trinajstić information content (AvgIpc) is 2.20. The molecule has 0 saturated carbocycles. The first-order chi connectivity index (χ1) is 6.77. The van der Waals surface area contributed by atoms with E-state index >= 15 is 0 Å². The summed E-state index contributed by atoms with van der Waals surface area (Å²) >= 11 is 0. The molecular weight excluding hydrogens is 179 g/mol. The second-order valence-electron chi connectivity index (χ2n) is 3.56. The Morgan fingerprint density at radius 3 is 2.36 bits per heavy atom. The summed E-state index contributed by atoms with van der Waals surface area (Å²) in [5.74, 6) is -0.134. The number of nitrogens with zero attached hydrogens (tertiary/aromatic N) is 2. The molecular formula is C11H14FN2-. The quantitative estimate of drug-likeness (QED) is 0.627. The van der Waals surface area contributed by atoms with Gasteiger partial charge in [-0.3, -0.25) is 7.05 Å². The second kappa shape index (κ2) is 3.96. The molecule has 0 spiro atoms. The summed E-state index contributed by atoms with van der Waals surface area (Å²) in [5.41, 5.74) is 0.709. The molecule has 3 heteroatoms. The standard InChI is InChI=1S/C11H14FN2/c1-13-6-8-14(9-7-13)11-5-3-2-4-10(11)12/h2-5H,1,6-9H2/q-1. The van der Waals surface area contributed by atoms with Gasteiger partial charge in [0.05, 0.1) is 5.69 Å². The maximum absolute atomic E-state index is 13.4. The van der Waals surface area contributed by atoms with E-state index in [9.17, 15) is 4.39 Å². The largest absolute Gasteiger partial charge is 0.456 e. The minimum Gasteiger partial charge on any atom is -0.456 e. The van der Waals surface area contributed by atoms with Gasteiger partial charge in [-0.1, -0.05) is 12.1 Å². The van der Waals surface area contributed by atoms with Crippen LogP contribution in [-0.4, -0.2) is 31.1 Å². The molecule has 0 unspecified atom stereocenters. The van der Waals surface area contributed by atoms with Crippen LogP contribution in [0.15, 0.2) is 24.3 Å².